The molecule has 94 valence electrons. The normalized spacial score (nSPS) is 26.4. The monoisotopic (exact) mass is 249 g/mol. The number of nitrogens with two attached hydrogens (primary N) is 1. The van der Waals surface area contributed by atoms with E-state index in [1.54, 1.807) is 0 Å². The Bertz CT molecular complexity index is 339. The molecule has 0 amide bonds. The summed E-state index contributed by atoms with van der Waals surface area (Å²) in [6.45, 7) is 0. The lowest BCUT2D eigenvalue weighted by molar-refractivity contribution is -0.140. The molecule has 1 saturated carbocycles. The Kier molecular flexibility index (Phi) is 4.73. The summed E-state index contributed by atoms with van der Waals surface area (Å²) in [5, 5.41) is -0.374. The van der Waals surface area contributed by atoms with Gasteiger partial charge in [0, 0.05) is 6.04 Å². The molecule has 0 aromatic carbocycles. The first-order chi connectivity index (χ1) is 7.45. The smallest absolute Gasteiger partial charge is 0.306 e. The van der Waals surface area contributed by atoms with Crippen molar-refractivity contribution in [3.63, 3.8) is 0 Å². The van der Waals surface area contributed by atoms with Gasteiger partial charge in [0.1, 0.15) is 0 Å². The highest BCUT2D eigenvalue weighted by Gasteiger charge is 2.30. The van der Waals surface area contributed by atoms with Crippen LogP contribution in [0.25, 0.3) is 0 Å². The van der Waals surface area contributed by atoms with Gasteiger partial charge in [0.05, 0.1) is 24.5 Å². The molecule has 0 spiro atoms. The highest BCUT2D eigenvalue weighted by Crippen LogP contribution is 2.24. The molecule has 1 fully saturated rings. The lowest BCUT2D eigenvalue weighted by Crippen LogP contribution is -2.36. The maximum absolute atomic E-state index is 11.9. The summed E-state index contributed by atoms with van der Waals surface area (Å²) in [5.74, 6) is -0.611. The molecule has 1 aliphatic rings. The first kappa shape index (κ1) is 13.4. The van der Waals surface area contributed by atoms with Gasteiger partial charge in [0.2, 0.25) is 0 Å². The molecule has 0 heterocycles. The predicted molar refractivity (Wildman–Crippen MR) is 60.7 cm³/mol. The molecule has 0 radical (unpaired) electrons. The van der Waals surface area contributed by atoms with Crippen LogP contribution in [0.15, 0.2) is 0 Å². The van der Waals surface area contributed by atoms with Gasteiger partial charge in [-0.2, -0.15) is 0 Å². The summed E-state index contributed by atoms with van der Waals surface area (Å²) >= 11 is 0. The number of esters is 1. The van der Waals surface area contributed by atoms with Crippen molar-refractivity contribution in [3.05, 3.63) is 0 Å². The fraction of sp³-hybridized carbons (Fsp3) is 0.900. The summed E-state index contributed by atoms with van der Waals surface area (Å²) in [7, 11) is -1.95. The average Bonchev–Trinajstić information content (AvgIpc) is 2.26. The minimum Gasteiger partial charge on any atom is -0.469 e. The minimum atomic E-state index is -3.20. The molecular formula is C10H19NO4S. The van der Waals surface area contributed by atoms with Crippen molar-refractivity contribution < 1.29 is 17.9 Å². The van der Waals surface area contributed by atoms with Crippen molar-refractivity contribution in [3.8, 4) is 0 Å². The Morgan fingerprint density at radius 3 is 2.69 bits per heavy atom. The number of ether oxygens (including phenoxy) is 1. The number of carbonyl (C=O) groups excluding carboxylic acids is 1. The molecule has 16 heavy (non-hydrogen) atoms. The molecule has 0 bridgehead atoms. The van der Waals surface area contributed by atoms with Gasteiger partial charge in [-0.1, -0.05) is 6.42 Å². The largest absolute Gasteiger partial charge is 0.469 e. The zero-order valence-electron chi connectivity index (χ0n) is 9.52. The minimum absolute atomic E-state index is 0.0216. The van der Waals surface area contributed by atoms with E-state index in [4.69, 9.17) is 5.73 Å². The van der Waals surface area contributed by atoms with Gasteiger partial charge in [-0.3, -0.25) is 4.79 Å². The highest BCUT2D eigenvalue weighted by atomic mass is 32.2. The second kappa shape index (κ2) is 5.63. The van der Waals surface area contributed by atoms with Crippen LogP contribution in [0.1, 0.15) is 32.1 Å². The lowest BCUT2D eigenvalue weighted by atomic mass is 9.96. The molecule has 2 N–H and O–H groups in total. The van der Waals surface area contributed by atoms with Crippen LogP contribution in [0.5, 0.6) is 0 Å². The van der Waals surface area contributed by atoms with E-state index in [0.29, 0.717) is 12.8 Å². The summed E-state index contributed by atoms with van der Waals surface area (Å²) < 4.78 is 28.2. The van der Waals surface area contributed by atoms with E-state index >= 15 is 0 Å². The number of hydrogen-bond acceptors (Lipinski definition) is 5. The van der Waals surface area contributed by atoms with Crippen molar-refractivity contribution in [1.82, 2.24) is 0 Å². The maximum atomic E-state index is 11.9. The van der Waals surface area contributed by atoms with Gasteiger partial charge in [-0.15, -0.1) is 0 Å². The van der Waals surface area contributed by atoms with Crippen LogP contribution in [0.3, 0.4) is 0 Å². The Hall–Kier alpha value is -0.620. The second-order valence-corrected chi connectivity index (χ2v) is 6.64. The summed E-state index contributed by atoms with van der Waals surface area (Å²) in [5.41, 5.74) is 5.75. The Balaban J connectivity index is 2.52. The fourth-order valence-electron chi connectivity index (χ4n) is 2.00. The Morgan fingerprint density at radius 2 is 2.12 bits per heavy atom. The van der Waals surface area contributed by atoms with E-state index < -0.39 is 15.8 Å². The van der Waals surface area contributed by atoms with Crippen LogP contribution in [0, 0.1) is 0 Å². The summed E-state index contributed by atoms with van der Waals surface area (Å²) in [6, 6.07) is -0.0216. The van der Waals surface area contributed by atoms with Crippen molar-refractivity contribution in [1.29, 1.82) is 0 Å². The van der Waals surface area contributed by atoms with Crippen molar-refractivity contribution in [2.24, 2.45) is 5.73 Å². The van der Waals surface area contributed by atoms with E-state index in [9.17, 15) is 13.2 Å². The number of sulfone groups is 1. The predicted octanol–water partition coefficient (Wildman–Crippen LogP) is 0.234. The third kappa shape index (κ3) is 3.75. The average molecular weight is 249 g/mol. The molecule has 2 unspecified atom stereocenters. The van der Waals surface area contributed by atoms with E-state index in [0.717, 1.165) is 12.8 Å². The zero-order valence-corrected chi connectivity index (χ0v) is 10.3. The number of carbonyl (C=O) groups is 1. The second-order valence-electron chi connectivity index (χ2n) is 4.24. The van der Waals surface area contributed by atoms with Gasteiger partial charge in [0.15, 0.2) is 9.84 Å². The first-order valence-electron chi connectivity index (χ1n) is 5.49. The molecule has 0 aromatic rings. The van der Waals surface area contributed by atoms with Gasteiger partial charge < -0.3 is 10.5 Å². The third-order valence-corrected chi connectivity index (χ3v) is 5.21. The molecule has 1 aliphatic carbocycles. The Morgan fingerprint density at radius 1 is 1.44 bits per heavy atom. The van der Waals surface area contributed by atoms with Gasteiger partial charge >= 0.3 is 5.97 Å². The molecule has 6 heteroatoms. The van der Waals surface area contributed by atoms with E-state index in [-0.39, 0.29) is 23.5 Å². The molecule has 1 rings (SSSR count). The van der Waals surface area contributed by atoms with E-state index in [1.807, 2.05) is 0 Å². The van der Waals surface area contributed by atoms with Crippen molar-refractivity contribution >= 4 is 15.8 Å². The molecular weight excluding hydrogens is 230 g/mol. The molecule has 2 atom stereocenters. The Labute approximate surface area is 96.3 Å². The standard InChI is InChI=1S/C10H19NO4S/c1-15-10(12)5-6-16(13,14)9-4-2-3-8(11)7-9/h8-9H,2-7,11H2,1H3. The number of rotatable bonds is 4. The summed E-state index contributed by atoms with van der Waals surface area (Å²) in [4.78, 5) is 10.9. The number of methoxy groups -OCH3 is 1. The SMILES string of the molecule is COC(=O)CCS(=O)(=O)C1CCCC(N)C1. The van der Waals surface area contributed by atoms with Gasteiger partial charge in [-0.25, -0.2) is 8.42 Å². The van der Waals surface area contributed by atoms with Gasteiger partial charge in [0.25, 0.3) is 0 Å². The third-order valence-electron chi connectivity index (χ3n) is 2.99. The van der Waals surface area contributed by atoms with Crippen LogP contribution in [-0.4, -0.2) is 38.5 Å². The van der Waals surface area contributed by atoms with Crippen LogP contribution >= 0.6 is 0 Å². The maximum Gasteiger partial charge on any atom is 0.306 e. The number of hydrogen-bond donors (Lipinski definition) is 1. The first-order valence-corrected chi connectivity index (χ1v) is 7.21. The fourth-order valence-corrected chi connectivity index (χ4v) is 3.85. The molecule has 5 nitrogen and oxygen atoms in total. The van der Waals surface area contributed by atoms with Crippen molar-refractivity contribution in [2.45, 2.75) is 43.4 Å². The lowest BCUT2D eigenvalue weighted by Gasteiger charge is -2.26. The van der Waals surface area contributed by atoms with Crippen LogP contribution in [-0.2, 0) is 19.4 Å². The molecule has 0 aromatic heterocycles. The molecule has 0 aliphatic heterocycles. The van der Waals surface area contributed by atoms with Crippen molar-refractivity contribution in [2.75, 3.05) is 12.9 Å². The zero-order chi connectivity index (χ0) is 12.2. The van der Waals surface area contributed by atoms with E-state index in [1.165, 1.54) is 7.11 Å². The van der Waals surface area contributed by atoms with Crippen LogP contribution in [0.2, 0.25) is 0 Å². The topological polar surface area (TPSA) is 86.5 Å². The highest BCUT2D eigenvalue weighted by molar-refractivity contribution is 7.92. The van der Waals surface area contributed by atoms with E-state index in [2.05, 4.69) is 4.74 Å². The van der Waals surface area contributed by atoms with Crippen LogP contribution < -0.4 is 5.73 Å². The van der Waals surface area contributed by atoms with Gasteiger partial charge in [-0.05, 0) is 19.3 Å². The van der Waals surface area contributed by atoms with Crippen LogP contribution in [0.4, 0.5) is 0 Å². The summed E-state index contributed by atoms with van der Waals surface area (Å²) in [6.07, 6.45) is 2.86. The quantitative estimate of drug-likeness (QED) is 0.721. The molecule has 0 saturated heterocycles.